The zero-order valence-electron chi connectivity index (χ0n) is 12.7. The van der Waals surface area contributed by atoms with Gasteiger partial charge in [0.25, 0.3) is 0 Å². The lowest BCUT2D eigenvalue weighted by molar-refractivity contribution is 0.143. The summed E-state index contributed by atoms with van der Waals surface area (Å²) in [7, 11) is 0. The molecule has 1 saturated heterocycles. The van der Waals surface area contributed by atoms with E-state index >= 15 is 0 Å². The quantitative estimate of drug-likeness (QED) is 0.947. The van der Waals surface area contributed by atoms with Crippen molar-refractivity contribution in [2.75, 3.05) is 31.5 Å². The second-order valence-corrected chi connectivity index (χ2v) is 6.41. The summed E-state index contributed by atoms with van der Waals surface area (Å²) in [6, 6.07) is 8.55. The van der Waals surface area contributed by atoms with Gasteiger partial charge in [-0.15, -0.1) is 11.3 Å². The topological polar surface area (TPSA) is 48.5 Å². The van der Waals surface area contributed by atoms with Crippen molar-refractivity contribution in [3.63, 3.8) is 0 Å². The van der Waals surface area contributed by atoms with Crippen LogP contribution in [0.1, 0.15) is 11.1 Å². The summed E-state index contributed by atoms with van der Waals surface area (Å²) in [5, 5.41) is 5.36. The van der Waals surface area contributed by atoms with E-state index < -0.39 is 0 Å². The Bertz CT molecular complexity index is 621. The fourth-order valence-corrected chi connectivity index (χ4v) is 3.15. The lowest BCUT2D eigenvalue weighted by Crippen LogP contribution is -2.49. The van der Waals surface area contributed by atoms with Crippen molar-refractivity contribution in [1.29, 1.82) is 0 Å². The Morgan fingerprint density at radius 2 is 2.14 bits per heavy atom. The first-order valence-electron chi connectivity index (χ1n) is 7.44. The molecule has 22 heavy (non-hydrogen) atoms. The van der Waals surface area contributed by atoms with Crippen LogP contribution in [0, 0.1) is 6.92 Å². The first kappa shape index (κ1) is 15.0. The number of thiazole rings is 1. The summed E-state index contributed by atoms with van der Waals surface area (Å²) in [5.41, 5.74) is 2.62. The Morgan fingerprint density at radius 3 is 2.82 bits per heavy atom. The van der Waals surface area contributed by atoms with Gasteiger partial charge < -0.3 is 4.90 Å². The Morgan fingerprint density at radius 1 is 1.32 bits per heavy atom. The number of urea groups is 1. The van der Waals surface area contributed by atoms with Gasteiger partial charge in [0.2, 0.25) is 0 Å². The summed E-state index contributed by atoms with van der Waals surface area (Å²) in [4.78, 5) is 20.5. The Hall–Kier alpha value is -1.92. The zero-order chi connectivity index (χ0) is 15.4. The van der Waals surface area contributed by atoms with Gasteiger partial charge >= 0.3 is 6.03 Å². The number of aromatic nitrogens is 1. The smallest absolute Gasteiger partial charge is 0.322 e. The van der Waals surface area contributed by atoms with Crippen molar-refractivity contribution in [3.8, 4) is 0 Å². The normalized spacial score (nSPS) is 15.8. The van der Waals surface area contributed by atoms with Crippen LogP contribution in [0.5, 0.6) is 0 Å². The van der Waals surface area contributed by atoms with Gasteiger partial charge in [0.1, 0.15) is 0 Å². The molecule has 2 heterocycles. The monoisotopic (exact) mass is 316 g/mol. The third-order valence-corrected chi connectivity index (χ3v) is 4.48. The maximum absolute atomic E-state index is 12.1. The average Bonchev–Trinajstić information content (AvgIpc) is 3.01. The molecule has 0 aliphatic carbocycles. The van der Waals surface area contributed by atoms with Crippen molar-refractivity contribution in [2.24, 2.45) is 0 Å². The van der Waals surface area contributed by atoms with Gasteiger partial charge in [0.05, 0.1) is 0 Å². The predicted octanol–water partition coefficient (Wildman–Crippen LogP) is 2.80. The number of hydrogen-bond acceptors (Lipinski definition) is 4. The van der Waals surface area contributed by atoms with Crippen molar-refractivity contribution >= 4 is 22.5 Å². The van der Waals surface area contributed by atoms with E-state index in [0.717, 1.165) is 32.7 Å². The maximum Gasteiger partial charge on any atom is 0.323 e. The molecular formula is C16H20N4OS. The number of carbonyl (C=O) groups is 1. The third-order valence-electron chi connectivity index (χ3n) is 3.79. The largest absolute Gasteiger partial charge is 0.323 e. The van der Waals surface area contributed by atoms with E-state index in [1.807, 2.05) is 10.3 Å². The molecular weight excluding hydrogens is 296 g/mol. The molecule has 1 fully saturated rings. The molecule has 0 radical (unpaired) electrons. The lowest BCUT2D eigenvalue weighted by Gasteiger charge is -2.34. The average molecular weight is 316 g/mol. The van der Waals surface area contributed by atoms with Crippen LogP contribution in [0.4, 0.5) is 9.93 Å². The second-order valence-electron chi connectivity index (χ2n) is 5.52. The molecule has 3 rings (SSSR count). The molecule has 1 N–H and O–H groups in total. The van der Waals surface area contributed by atoms with Crippen LogP contribution < -0.4 is 5.32 Å². The molecule has 0 unspecified atom stereocenters. The van der Waals surface area contributed by atoms with Crippen molar-refractivity contribution < 1.29 is 4.79 Å². The Balaban J connectivity index is 1.49. The Kier molecular flexibility index (Phi) is 4.70. The van der Waals surface area contributed by atoms with E-state index in [9.17, 15) is 4.79 Å². The molecule has 0 spiro atoms. The van der Waals surface area contributed by atoms with Gasteiger partial charge in [0, 0.05) is 44.3 Å². The highest BCUT2D eigenvalue weighted by molar-refractivity contribution is 7.13. The minimum Gasteiger partial charge on any atom is -0.322 e. The minimum absolute atomic E-state index is 0.0508. The molecule has 1 aliphatic rings. The van der Waals surface area contributed by atoms with Crippen molar-refractivity contribution in [3.05, 3.63) is 47.0 Å². The van der Waals surface area contributed by atoms with Crippen LogP contribution in [0.25, 0.3) is 0 Å². The van der Waals surface area contributed by atoms with Crippen molar-refractivity contribution in [2.45, 2.75) is 13.5 Å². The van der Waals surface area contributed by atoms with E-state index in [-0.39, 0.29) is 6.03 Å². The standard InChI is InChI=1S/C16H20N4OS/c1-13-3-2-4-14(11-13)12-19-6-8-20(9-7-19)16(21)18-15-17-5-10-22-15/h2-5,10-11H,6-9,12H2,1H3,(H,17,18,21). The van der Waals surface area contributed by atoms with Crippen LogP contribution in [0.15, 0.2) is 35.8 Å². The number of aryl methyl sites for hydroxylation is 1. The van der Waals surface area contributed by atoms with Gasteiger partial charge in [-0.1, -0.05) is 29.8 Å². The molecule has 0 atom stereocenters. The molecule has 2 aromatic rings. The van der Waals surface area contributed by atoms with Crippen LogP contribution in [-0.4, -0.2) is 47.0 Å². The third kappa shape index (κ3) is 3.84. The first-order valence-corrected chi connectivity index (χ1v) is 8.32. The second kappa shape index (κ2) is 6.89. The van der Waals surface area contributed by atoms with Gasteiger partial charge in [-0.3, -0.25) is 10.2 Å². The predicted molar refractivity (Wildman–Crippen MR) is 89.2 cm³/mol. The molecule has 2 amide bonds. The van der Waals surface area contributed by atoms with Gasteiger partial charge in [-0.2, -0.15) is 0 Å². The lowest BCUT2D eigenvalue weighted by atomic mass is 10.1. The fourth-order valence-electron chi connectivity index (χ4n) is 2.63. The van der Waals surface area contributed by atoms with Crippen molar-refractivity contribution in [1.82, 2.24) is 14.8 Å². The number of anilines is 1. The highest BCUT2D eigenvalue weighted by Gasteiger charge is 2.21. The Labute approximate surface area is 134 Å². The van der Waals surface area contributed by atoms with Gasteiger partial charge in [-0.05, 0) is 12.5 Å². The highest BCUT2D eigenvalue weighted by Crippen LogP contribution is 2.13. The van der Waals surface area contributed by atoms with Crippen LogP contribution in [-0.2, 0) is 6.54 Å². The molecule has 116 valence electrons. The molecule has 6 heteroatoms. The number of amides is 2. The summed E-state index contributed by atoms with van der Waals surface area (Å²) in [5.74, 6) is 0. The van der Waals surface area contributed by atoms with Crippen LogP contribution >= 0.6 is 11.3 Å². The van der Waals surface area contributed by atoms with Gasteiger partial charge in [-0.25, -0.2) is 9.78 Å². The van der Waals surface area contributed by atoms with E-state index in [1.54, 1.807) is 6.20 Å². The van der Waals surface area contributed by atoms with E-state index in [2.05, 4.69) is 46.4 Å². The summed E-state index contributed by atoms with van der Waals surface area (Å²) in [6.45, 7) is 6.37. The number of carbonyl (C=O) groups excluding carboxylic acids is 1. The minimum atomic E-state index is -0.0508. The molecule has 0 saturated carbocycles. The zero-order valence-corrected chi connectivity index (χ0v) is 13.5. The number of nitrogens with zero attached hydrogens (tertiary/aromatic N) is 3. The fraction of sp³-hybridized carbons (Fsp3) is 0.375. The summed E-state index contributed by atoms with van der Waals surface area (Å²) < 4.78 is 0. The molecule has 1 aromatic carbocycles. The van der Waals surface area contributed by atoms with E-state index in [1.165, 1.54) is 22.5 Å². The first-order chi connectivity index (χ1) is 10.7. The SMILES string of the molecule is Cc1cccc(CN2CCN(C(=O)Nc3nccs3)CC2)c1. The number of benzene rings is 1. The number of hydrogen-bond donors (Lipinski definition) is 1. The van der Waals surface area contributed by atoms with Crippen LogP contribution in [0.2, 0.25) is 0 Å². The number of rotatable bonds is 3. The molecule has 1 aliphatic heterocycles. The molecule has 1 aromatic heterocycles. The molecule has 0 bridgehead atoms. The van der Waals surface area contributed by atoms with Gasteiger partial charge in [0.15, 0.2) is 5.13 Å². The summed E-state index contributed by atoms with van der Waals surface area (Å²) >= 11 is 1.44. The van der Waals surface area contributed by atoms with E-state index in [4.69, 9.17) is 0 Å². The molecule has 5 nitrogen and oxygen atoms in total. The number of piperazine rings is 1. The highest BCUT2D eigenvalue weighted by atomic mass is 32.1. The van der Waals surface area contributed by atoms with E-state index in [0.29, 0.717) is 5.13 Å². The maximum atomic E-state index is 12.1. The van der Waals surface area contributed by atoms with Crippen LogP contribution in [0.3, 0.4) is 0 Å². The number of nitrogens with one attached hydrogen (secondary N) is 1. The summed E-state index contributed by atoms with van der Waals surface area (Å²) in [6.07, 6.45) is 1.69.